The first-order valence-corrected chi connectivity index (χ1v) is 10.2. The molecule has 0 spiro atoms. The summed E-state index contributed by atoms with van der Waals surface area (Å²) in [5, 5.41) is 0. The van der Waals surface area contributed by atoms with Gasteiger partial charge in [-0.05, 0) is 48.7 Å². The number of Topliss-reactive ketones (excluding diaryl/α,β-unsaturated/α-hetero) is 1. The first kappa shape index (κ1) is 22.3. The zero-order valence-corrected chi connectivity index (χ0v) is 18.2. The first-order chi connectivity index (χ1) is 14.8. The quantitative estimate of drug-likeness (QED) is 0.504. The predicted molar refractivity (Wildman–Crippen MR) is 120 cm³/mol. The summed E-state index contributed by atoms with van der Waals surface area (Å²) in [5.74, 6) is -0.764. The Morgan fingerprint density at radius 1 is 1.10 bits per heavy atom. The Morgan fingerprint density at radius 3 is 2.52 bits per heavy atom. The van der Waals surface area contributed by atoms with Crippen LogP contribution in [0.15, 0.2) is 55.0 Å². The Hall–Kier alpha value is -3.41. The number of carbonyl (C=O) groups is 2. The lowest BCUT2D eigenvalue weighted by atomic mass is 9.96. The van der Waals surface area contributed by atoms with Gasteiger partial charge in [-0.1, -0.05) is 26.0 Å². The normalized spacial score (nSPS) is 10.9. The molecule has 6 heteroatoms. The molecule has 0 unspecified atom stereocenters. The molecule has 1 aromatic heterocycles. The summed E-state index contributed by atoms with van der Waals surface area (Å²) in [7, 11) is 1.67. The highest BCUT2D eigenvalue weighted by Crippen LogP contribution is 2.30. The third-order valence-corrected chi connectivity index (χ3v) is 5.11. The Labute approximate surface area is 182 Å². The minimum Gasteiger partial charge on any atom is -0.315 e. The lowest BCUT2D eigenvalue weighted by Crippen LogP contribution is -2.30. The second-order valence-corrected chi connectivity index (χ2v) is 7.92. The Balaban J connectivity index is 1.99. The molecule has 0 saturated carbocycles. The van der Waals surface area contributed by atoms with Crippen molar-refractivity contribution in [3.63, 3.8) is 0 Å². The van der Waals surface area contributed by atoms with E-state index < -0.39 is 0 Å². The molecule has 1 amide bonds. The maximum absolute atomic E-state index is 14.7. The highest BCUT2D eigenvalue weighted by atomic mass is 19.1. The summed E-state index contributed by atoms with van der Waals surface area (Å²) in [5.41, 5.74) is 3.47. The summed E-state index contributed by atoms with van der Waals surface area (Å²) in [4.78, 5) is 35.3. The fourth-order valence-corrected chi connectivity index (χ4v) is 3.34. The molecule has 0 aliphatic heterocycles. The van der Waals surface area contributed by atoms with Crippen LogP contribution in [-0.4, -0.2) is 28.7 Å². The highest BCUT2D eigenvalue weighted by Gasteiger charge is 2.19. The number of amides is 1. The number of halogens is 1. The molecule has 1 heterocycles. The molecule has 2 aromatic carbocycles. The molecule has 160 valence electrons. The van der Waals surface area contributed by atoms with Crippen LogP contribution in [0.5, 0.6) is 0 Å². The van der Waals surface area contributed by atoms with Crippen molar-refractivity contribution in [2.24, 2.45) is 5.92 Å². The molecule has 0 radical (unpaired) electrons. The van der Waals surface area contributed by atoms with Crippen LogP contribution in [-0.2, 0) is 11.2 Å². The van der Waals surface area contributed by atoms with Crippen molar-refractivity contribution in [2.45, 2.75) is 33.6 Å². The number of aryl methyl sites for hydroxylation is 2. The van der Waals surface area contributed by atoms with Gasteiger partial charge >= 0.3 is 0 Å². The van der Waals surface area contributed by atoms with Crippen LogP contribution in [0.25, 0.3) is 11.1 Å². The van der Waals surface area contributed by atoms with Crippen molar-refractivity contribution in [3.8, 4) is 11.1 Å². The SMILES string of the molecule is Cc1ccc(-c2cc(C(=O)CCc3cnccn3)cc(N(C)C(=O)C(C)C)c2)c(F)c1. The van der Waals surface area contributed by atoms with E-state index in [9.17, 15) is 14.0 Å². The van der Waals surface area contributed by atoms with Crippen LogP contribution in [0.2, 0.25) is 0 Å². The van der Waals surface area contributed by atoms with Gasteiger partial charge in [0.15, 0.2) is 5.78 Å². The number of aromatic nitrogens is 2. The average molecular weight is 420 g/mol. The third-order valence-electron chi connectivity index (χ3n) is 5.11. The van der Waals surface area contributed by atoms with Crippen LogP contribution < -0.4 is 4.90 Å². The van der Waals surface area contributed by atoms with Gasteiger partial charge in [0.2, 0.25) is 5.91 Å². The lowest BCUT2D eigenvalue weighted by molar-refractivity contribution is -0.121. The van der Waals surface area contributed by atoms with E-state index in [1.54, 1.807) is 49.9 Å². The van der Waals surface area contributed by atoms with E-state index in [2.05, 4.69) is 9.97 Å². The van der Waals surface area contributed by atoms with Crippen LogP contribution >= 0.6 is 0 Å². The van der Waals surface area contributed by atoms with Crippen molar-refractivity contribution in [2.75, 3.05) is 11.9 Å². The standard InChI is InChI=1S/C25H26FN3O2/c1-16(2)25(31)29(4)21-13-18(22-7-5-17(3)11-23(22)26)12-19(14-21)24(30)8-6-20-15-27-9-10-28-20/h5,7,9-16H,6,8H2,1-4H3. The second-order valence-electron chi connectivity index (χ2n) is 7.92. The monoisotopic (exact) mass is 419 g/mol. The molecule has 0 aliphatic carbocycles. The maximum Gasteiger partial charge on any atom is 0.229 e. The number of ketones is 1. The highest BCUT2D eigenvalue weighted by molar-refractivity contribution is 6.01. The first-order valence-electron chi connectivity index (χ1n) is 10.2. The van der Waals surface area contributed by atoms with Gasteiger partial charge in [0.1, 0.15) is 5.82 Å². The van der Waals surface area contributed by atoms with Crippen LogP contribution in [0, 0.1) is 18.7 Å². The van der Waals surface area contributed by atoms with Crippen molar-refractivity contribution >= 4 is 17.4 Å². The molecular weight excluding hydrogens is 393 g/mol. The number of anilines is 1. The summed E-state index contributed by atoms with van der Waals surface area (Å²) >= 11 is 0. The van der Waals surface area contributed by atoms with E-state index >= 15 is 0 Å². The topological polar surface area (TPSA) is 63.2 Å². The fraction of sp³-hybridized carbons (Fsp3) is 0.280. The number of benzene rings is 2. The van der Waals surface area contributed by atoms with E-state index in [4.69, 9.17) is 0 Å². The molecule has 5 nitrogen and oxygen atoms in total. The second kappa shape index (κ2) is 9.60. The molecular formula is C25H26FN3O2. The molecule has 3 aromatic rings. The van der Waals surface area contributed by atoms with Crippen molar-refractivity contribution < 1.29 is 14.0 Å². The minimum absolute atomic E-state index is 0.0838. The number of rotatable bonds is 7. The Kier molecular flexibility index (Phi) is 6.90. The Morgan fingerprint density at radius 2 is 1.87 bits per heavy atom. The van der Waals surface area contributed by atoms with E-state index in [0.29, 0.717) is 28.8 Å². The third kappa shape index (κ3) is 5.40. The molecule has 31 heavy (non-hydrogen) atoms. The molecule has 0 fully saturated rings. The van der Waals surface area contributed by atoms with E-state index in [1.165, 1.54) is 11.0 Å². The summed E-state index contributed by atoms with van der Waals surface area (Å²) < 4.78 is 14.7. The van der Waals surface area contributed by atoms with Crippen molar-refractivity contribution in [1.29, 1.82) is 0 Å². The number of hydrogen-bond donors (Lipinski definition) is 0. The molecule has 0 N–H and O–H groups in total. The average Bonchev–Trinajstić information content (AvgIpc) is 2.76. The van der Waals surface area contributed by atoms with Crippen molar-refractivity contribution in [1.82, 2.24) is 9.97 Å². The lowest BCUT2D eigenvalue weighted by Gasteiger charge is -2.21. The summed E-state index contributed by atoms with van der Waals surface area (Å²) in [6, 6.07) is 10.1. The summed E-state index contributed by atoms with van der Waals surface area (Å²) in [6.45, 7) is 5.45. The molecule has 0 bridgehead atoms. The number of nitrogens with zero attached hydrogens (tertiary/aromatic N) is 3. The van der Waals surface area contributed by atoms with Crippen molar-refractivity contribution in [3.05, 3.63) is 77.6 Å². The molecule has 0 atom stereocenters. The summed E-state index contributed by atoms with van der Waals surface area (Å²) in [6.07, 6.45) is 5.49. The molecule has 0 saturated heterocycles. The smallest absolute Gasteiger partial charge is 0.229 e. The van der Waals surface area contributed by atoms with Gasteiger partial charge in [-0.25, -0.2) is 4.39 Å². The zero-order chi connectivity index (χ0) is 22.5. The Bertz CT molecular complexity index is 1100. The van der Waals surface area contributed by atoms with Gasteiger partial charge in [-0.2, -0.15) is 0 Å². The maximum atomic E-state index is 14.7. The predicted octanol–water partition coefficient (Wildman–Crippen LogP) is 5.03. The van der Waals surface area contributed by atoms with Crippen LogP contribution in [0.4, 0.5) is 10.1 Å². The van der Waals surface area contributed by atoms with Gasteiger partial charge in [0.05, 0.1) is 5.69 Å². The molecule has 0 aliphatic rings. The zero-order valence-electron chi connectivity index (χ0n) is 18.2. The number of hydrogen-bond acceptors (Lipinski definition) is 4. The van der Waals surface area contributed by atoms with Gasteiger partial charge in [0.25, 0.3) is 0 Å². The minimum atomic E-state index is -0.368. The van der Waals surface area contributed by atoms with Gasteiger partial charge in [-0.15, -0.1) is 0 Å². The fourth-order valence-electron chi connectivity index (χ4n) is 3.34. The van der Waals surface area contributed by atoms with Crippen LogP contribution in [0.1, 0.15) is 41.9 Å². The number of carbonyl (C=O) groups excluding carboxylic acids is 2. The largest absolute Gasteiger partial charge is 0.315 e. The van der Waals surface area contributed by atoms with E-state index in [1.807, 2.05) is 26.8 Å². The molecule has 3 rings (SSSR count). The van der Waals surface area contributed by atoms with Gasteiger partial charge < -0.3 is 4.90 Å². The van der Waals surface area contributed by atoms with Crippen LogP contribution in [0.3, 0.4) is 0 Å². The van der Waals surface area contributed by atoms with E-state index in [0.717, 1.165) is 11.3 Å². The van der Waals surface area contributed by atoms with Gasteiger partial charge in [0, 0.05) is 54.8 Å². The van der Waals surface area contributed by atoms with Gasteiger partial charge in [-0.3, -0.25) is 19.6 Å². The van der Waals surface area contributed by atoms with E-state index in [-0.39, 0.29) is 29.8 Å².